The minimum absolute atomic E-state index is 0.0800. The molecule has 1 heterocycles. The first-order valence-electron chi connectivity index (χ1n) is 9.22. The summed E-state index contributed by atoms with van der Waals surface area (Å²) in [7, 11) is 0. The highest BCUT2D eigenvalue weighted by Gasteiger charge is 2.36. The lowest BCUT2D eigenvalue weighted by molar-refractivity contribution is -0.121. The van der Waals surface area contributed by atoms with Crippen molar-refractivity contribution in [2.24, 2.45) is 0 Å². The van der Waals surface area contributed by atoms with Crippen molar-refractivity contribution in [3.05, 3.63) is 65.2 Å². The Morgan fingerprint density at radius 1 is 0.964 bits per heavy atom. The molecule has 6 heteroatoms. The Bertz CT molecular complexity index is 862. The lowest BCUT2D eigenvalue weighted by Crippen LogP contribution is -2.41. The third-order valence-electron chi connectivity index (χ3n) is 4.59. The van der Waals surface area contributed by atoms with Crippen LogP contribution in [0.2, 0.25) is 0 Å². The number of nitrogens with zero attached hydrogens (tertiary/aromatic N) is 1. The largest absolute Gasteiger partial charge is 0.492 e. The van der Waals surface area contributed by atoms with Crippen LogP contribution in [0, 0.1) is 0 Å². The molecule has 1 aliphatic heterocycles. The van der Waals surface area contributed by atoms with E-state index < -0.39 is 17.7 Å². The van der Waals surface area contributed by atoms with Crippen molar-refractivity contribution in [3.63, 3.8) is 0 Å². The minimum Gasteiger partial charge on any atom is -0.492 e. The molecule has 3 amide bonds. The average Bonchev–Trinajstić information content (AvgIpc) is 2.90. The number of imide groups is 1. The van der Waals surface area contributed by atoms with Gasteiger partial charge in [0, 0.05) is 0 Å². The van der Waals surface area contributed by atoms with E-state index in [0.717, 1.165) is 10.6 Å². The number of fused-ring (bicyclic) bond motifs is 1. The third-order valence-corrected chi connectivity index (χ3v) is 4.59. The van der Waals surface area contributed by atoms with E-state index in [2.05, 4.69) is 26.1 Å². The first-order valence-corrected chi connectivity index (χ1v) is 9.22. The summed E-state index contributed by atoms with van der Waals surface area (Å²) in [5, 5.41) is 2.67. The molecule has 0 spiro atoms. The Labute approximate surface area is 164 Å². The van der Waals surface area contributed by atoms with E-state index in [0.29, 0.717) is 17.7 Å². The van der Waals surface area contributed by atoms with Crippen molar-refractivity contribution in [1.82, 2.24) is 10.2 Å². The maximum Gasteiger partial charge on any atom is 0.262 e. The first-order chi connectivity index (χ1) is 13.3. The maximum atomic E-state index is 12.3. The van der Waals surface area contributed by atoms with Crippen LogP contribution in [-0.4, -0.2) is 42.3 Å². The van der Waals surface area contributed by atoms with Crippen LogP contribution in [0.25, 0.3) is 0 Å². The Morgan fingerprint density at radius 3 is 2.07 bits per heavy atom. The summed E-state index contributed by atoms with van der Waals surface area (Å²) < 4.78 is 5.62. The SMILES string of the molecule is CC(C)(C)c1ccc(OCCNC(=O)CN2C(=O)c3ccccc3C2=O)cc1. The number of rotatable bonds is 6. The quantitative estimate of drug-likeness (QED) is 0.618. The van der Waals surface area contributed by atoms with Crippen LogP contribution in [0.1, 0.15) is 47.1 Å². The Kier molecular flexibility index (Phi) is 5.49. The van der Waals surface area contributed by atoms with Crippen LogP contribution < -0.4 is 10.1 Å². The zero-order valence-corrected chi connectivity index (χ0v) is 16.3. The fourth-order valence-corrected chi connectivity index (χ4v) is 2.99. The molecule has 0 saturated carbocycles. The average molecular weight is 380 g/mol. The van der Waals surface area contributed by atoms with E-state index in [4.69, 9.17) is 4.74 Å². The zero-order valence-electron chi connectivity index (χ0n) is 16.3. The smallest absolute Gasteiger partial charge is 0.262 e. The normalized spacial score (nSPS) is 13.5. The molecule has 1 N–H and O–H groups in total. The molecule has 28 heavy (non-hydrogen) atoms. The molecule has 2 aromatic carbocycles. The number of hydrogen-bond donors (Lipinski definition) is 1. The number of hydrogen-bond acceptors (Lipinski definition) is 4. The van der Waals surface area contributed by atoms with Crippen molar-refractivity contribution in [2.75, 3.05) is 19.7 Å². The molecule has 0 unspecified atom stereocenters. The summed E-state index contributed by atoms with van der Waals surface area (Å²) in [6.07, 6.45) is 0. The molecule has 2 aromatic rings. The van der Waals surface area contributed by atoms with E-state index in [-0.39, 0.29) is 18.5 Å². The molecule has 0 radical (unpaired) electrons. The zero-order chi connectivity index (χ0) is 20.3. The van der Waals surface area contributed by atoms with Crippen LogP contribution in [0.15, 0.2) is 48.5 Å². The molecule has 0 atom stereocenters. The fraction of sp³-hybridized carbons (Fsp3) is 0.318. The molecule has 6 nitrogen and oxygen atoms in total. The summed E-state index contributed by atoms with van der Waals surface area (Å²) in [6.45, 7) is 6.71. The Hall–Kier alpha value is -3.15. The summed E-state index contributed by atoms with van der Waals surface area (Å²) >= 11 is 0. The van der Waals surface area contributed by atoms with Gasteiger partial charge in [0.25, 0.3) is 11.8 Å². The summed E-state index contributed by atoms with van der Waals surface area (Å²) in [6, 6.07) is 14.4. The highest BCUT2D eigenvalue weighted by atomic mass is 16.5. The fourth-order valence-electron chi connectivity index (χ4n) is 2.99. The van der Waals surface area contributed by atoms with E-state index in [9.17, 15) is 14.4 Å². The van der Waals surface area contributed by atoms with Crippen molar-refractivity contribution >= 4 is 17.7 Å². The highest BCUT2D eigenvalue weighted by Crippen LogP contribution is 2.24. The van der Waals surface area contributed by atoms with Gasteiger partial charge in [0.2, 0.25) is 5.91 Å². The van der Waals surface area contributed by atoms with Gasteiger partial charge in [-0.05, 0) is 35.2 Å². The molecule has 0 fully saturated rings. The minimum atomic E-state index is -0.439. The predicted molar refractivity (Wildman–Crippen MR) is 105 cm³/mol. The molecule has 3 rings (SSSR count). The summed E-state index contributed by atoms with van der Waals surface area (Å²) in [5.74, 6) is -0.555. The van der Waals surface area contributed by atoms with Gasteiger partial charge in [-0.3, -0.25) is 19.3 Å². The monoisotopic (exact) mass is 380 g/mol. The predicted octanol–water partition coefficient (Wildman–Crippen LogP) is 2.78. The summed E-state index contributed by atoms with van der Waals surface area (Å²) in [4.78, 5) is 37.6. The second-order valence-electron chi connectivity index (χ2n) is 7.71. The van der Waals surface area contributed by atoms with E-state index >= 15 is 0 Å². The van der Waals surface area contributed by atoms with Crippen molar-refractivity contribution in [2.45, 2.75) is 26.2 Å². The topological polar surface area (TPSA) is 75.7 Å². The van der Waals surface area contributed by atoms with Gasteiger partial charge in [-0.1, -0.05) is 45.0 Å². The number of ether oxygens (including phenoxy) is 1. The van der Waals surface area contributed by atoms with Crippen molar-refractivity contribution in [3.8, 4) is 5.75 Å². The highest BCUT2D eigenvalue weighted by molar-refractivity contribution is 6.22. The maximum absolute atomic E-state index is 12.3. The van der Waals surface area contributed by atoms with Crippen LogP contribution in [0.4, 0.5) is 0 Å². The molecule has 0 aliphatic carbocycles. The van der Waals surface area contributed by atoms with Crippen LogP contribution >= 0.6 is 0 Å². The van der Waals surface area contributed by atoms with Crippen LogP contribution in [-0.2, 0) is 10.2 Å². The van der Waals surface area contributed by atoms with Gasteiger partial charge in [-0.25, -0.2) is 0 Å². The number of amides is 3. The molecule has 1 aliphatic rings. The number of nitrogens with one attached hydrogen (secondary N) is 1. The Balaban J connectivity index is 1.44. The second kappa shape index (κ2) is 7.84. The van der Waals surface area contributed by atoms with Crippen molar-refractivity contribution in [1.29, 1.82) is 0 Å². The van der Waals surface area contributed by atoms with Gasteiger partial charge in [-0.15, -0.1) is 0 Å². The molecular weight excluding hydrogens is 356 g/mol. The van der Waals surface area contributed by atoms with Gasteiger partial charge in [-0.2, -0.15) is 0 Å². The van der Waals surface area contributed by atoms with Gasteiger partial charge in [0.05, 0.1) is 17.7 Å². The third kappa shape index (κ3) is 4.22. The van der Waals surface area contributed by atoms with Gasteiger partial charge in [0.1, 0.15) is 18.9 Å². The molecule has 0 bridgehead atoms. The van der Waals surface area contributed by atoms with Crippen LogP contribution in [0.5, 0.6) is 5.75 Å². The van der Waals surface area contributed by atoms with E-state index in [1.807, 2.05) is 24.3 Å². The van der Waals surface area contributed by atoms with Gasteiger partial charge in [0.15, 0.2) is 0 Å². The molecule has 0 saturated heterocycles. The van der Waals surface area contributed by atoms with Gasteiger partial charge < -0.3 is 10.1 Å². The lowest BCUT2D eigenvalue weighted by atomic mass is 9.87. The second-order valence-corrected chi connectivity index (χ2v) is 7.71. The van der Waals surface area contributed by atoms with Crippen LogP contribution in [0.3, 0.4) is 0 Å². The molecular formula is C22H24N2O4. The van der Waals surface area contributed by atoms with Gasteiger partial charge >= 0.3 is 0 Å². The van der Waals surface area contributed by atoms with E-state index in [1.165, 1.54) is 5.56 Å². The summed E-state index contributed by atoms with van der Waals surface area (Å²) in [5.41, 5.74) is 1.97. The number of benzene rings is 2. The van der Waals surface area contributed by atoms with Crippen molar-refractivity contribution < 1.29 is 19.1 Å². The van der Waals surface area contributed by atoms with E-state index in [1.54, 1.807) is 24.3 Å². The standard InChI is InChI=1S/C22H24N2O4/c1-22(2,3)15-8-10-16(11-9-15)28-13-12-23-19(25)14-24-20(26)17-6-4-5-7-18(17)21(24)27/h4-11H,12-14H2,1-3H3,(H,23,25). The Morgan fingerprint density at radius 2 is 1.54 bits per heavy atom. The molecule has 146 valence electrons. The first kappa shape index (κ1) is 19.6. The number of carbonyl (C=O) groups excluding carboxylic acids is 3. The lowest BCUT2D eigenvalue weighted by Gasteiger charge is -2.19. The number of carbonyl (C=O) groups is 3. The molecule has 0 aromatic heterocycles.